The maximum absolute atomic E-state index is 13.2. The summed E-state index contributed by atoms with van der Waals surface area (Å²) in [5.74, 6) is 1.55. The largest absolute Gasteiger partial charge is 0.481 e. The molecule has 0 saturated heterocycles. The summed E-state index contributed by atoms with van der Waals surface area (Å²) in [5, 5.41) is 10.3. The van der Waals surface area contributed by atoms with E-state index in [9.17, 15) is 4.39 Å². The van der Waals surface area contributed by atoms with Crippen molar-refractivity contribution in [1.82, 2.24) is 14.8 Å². The number of ether oxygens (including phenoxy) is 1. The zero-order chi connectivity index (χ0) is 20.3. The van der Waals surface area contributed by atoms with Crippen molar-refractivity contribution < 1.29 is 9.13 Å². The Bertz CT molecular complexity index is 980. The second-order valence-corrected chi connectivity index (χ2v) is 8.06. The van der Waals surface area contributed by atoms with Crippen molar-refractivity contribution in [3.63, 3.8) is 0 Å². The quantitative estimate of drug-likeness (QED) is 0.394. The molecule has 148 valence electrons. The van der Waals surface area contributed by atoms with E-state index in [1.165, 1.54) is 23.9 Å². The predicted molar refractivity (Wildman–Crippen MR) is 112 cm³/mol. The van der Waals surface area contributed by atoms with Crippen LogP contribution in [-0.2, 0) is 12.3 Å². The summed E-state index contributed by atoms with van der Waals surface area (Å²) < 4.78 is 21.2. The molecule has 3 rings (SSSR count). The maximum atomic E-state index is 13.2. The van der Waals surface area contributed by atoms with Gasteiger partial charge >= 0.3 is 0 Å². The van der Waals surface area contributed by atoms with Crippen LogP contribution < -0.4 is 4.74 Å². The number of aryl methyl sites for hydroxylation is 1. The monoisotopic (exact) mass is 439 g/mol. The van der Waals surface area contributed by atoms with Crippen LogP contribution in [0, 0.1) is 12.7 Å². The first-order valence-corrected chi connectivity index (χ1v) is 10.6. The summed E-state index contributed by atoms with van der Waals surface area (Å²) in [6.45, 7) is 6.61. The Hall–Kier alpha value is -1.76. The van der Waals surface area contributed by atoms with Gasteiger partial charge in [0.1, 0.15) is 11.6 Å². The Morgan fingerprint density at radius 2 is 1.93 bits per heavy atom. The number of benzene rings is 2. The van der Waals surface area contributed by atoms with Crippen LogP contribution in [0.5, 0.6) is 5.75 Å². The van der Waals surface area contributed by atoms with Crippen molar-refractivity contribution in [2.45, 2.75) is 44.3 Å². The standard InChI is InChI=1S/C20H20Cl2FN3OS/c1-4-26-19(13(3)27-18-9-12(2)5-8-16(18)21)24-25-20(26)28-11-14-6-7-15(23)10-17(14)22/h5-10,13H,4,11H2,1-3H3. The van der Waals surface area contributed by atoms with Gasteiger partial charge in [-0.1, -0.05) is 47.1 Å². The minimum atomic E-state index is -0.349. The lowest BCUT2D eigenvalue weighted by Crippen LogP contribution is -2.12. The number of aromatic nitrogens is 3. The van der Waals surface area contributed by atoms with Crippen LogP contribution in [0.3, 0.4) is 0 Å². The molecule has 1 aromatic heterocycles. The topological polar surface area (TPSA) is 39.9 Å². The Kier molecular flexibility index (Phi) is 6.86. The molecule has 1 unspecified atom stereocenters. The van der Waals surface area contributed by atoms with Crippen molar-refractivity contribution in [1.29, 1.82) is 0 Å². The van der Waals surface area contributed by atoms with Crippen molar-refractivity contribution in [3.8, 4) is 5.75 Å². The molecule has 0 aliphatic heterocycles. The van der Waals surface area contributed by atoms with Crippen LogP contribution in [0.25, 0.3) is 0 Å². The van der Waals surface area contributed by atoms with Gasteiger partial charge in [-0.05, 0) is 56.2 Å². The minimum absolute atomic E-state index is 0.324. The summed E-state index contributed by atoms with van der Waals surface area (Å²) >= 11 is 13.8. The first kappa shape index (κ1) is 21.0. The Balaban J connectivity index is 1.76. The van der Waals surface area contributed by atoms with E-state index in [1.807, 2.05) is 43.5 Å². The molecule has 1 atom stereocenters. The van der Waals surface area contributed by atoms with Crippen LogP contribution in [0.4, 0.5) is 4.39 Å². The van der Waals surface area contributed by atoms with E-state index in [0.717, 1.165) is 16.3 Å². The van der Waals surface area contributed by atoms with Gasteiger partial charge < -0.3 is 9.30 Å². The van der Waals surface area contributed by atoms with Gasteiger partial charge in [-0.25, -0.2) is 4.39 Å². The lowest BCUT2D eigenvalue weighted by atomic mass is 10.2. The zero-order valence-electron chi connectivity index (χ0n) is 15.7. The van der Waals surface area contributed by atoms with Gasteiger partial charge in [0.15, 0.2) is 17.1 Å². The Labute approximate surface area is 178 Å². The molecular formula is C20H20Cl2FN3OS. The normalized spacial score (nSPS) is 12.2. The molecule has 8 heteroatoms. The number of halogens is 3. The third kappa shape index (κ3) is 4.80. The molecule has 0 N–H and O–H groups in total. The van der Waals surface area contributed by atoms with Gasteiger partial charge in [-0.2, -0.15) is 0 Å². The van der Waals surface area contributed by atoms with E-state index in [2.05, 4.69) is 10.2 Å². The minimum Gasteiger partial charge on any atom is -0.481 e. The predicted octanol–water partition coefficient (Wildman–Crippen LogP) is 6.48. The zero-order valence-corrected chi connectivity index (χ0v) is 18.1. The van der Waals surface area contributed by atoms with E-state index in [-0.39, 0.29) is 11.9 Å². The fraction of sp³-hybridized carbons (Fsp3) is 0.300. The molecule has 1 heterocycles. The lowest BCUT2D eigenvalue weighted by Gasteiger charge is -2.17. The number of rotatable bonds is 7. The van der Waals surface area contributed by atoms with Gasteiger partial charge in [0.2, 0.25) is 0 Å². The van der Waals surface area contributed by atoms with Crippen LogP contribution in [0.1, 0.15) is 36.9 Å². The van der Waals surface area contributed by atoms with Gasteiger partial charge in [-0.15, -0.1) is 10.2 Å². The van der Waals surface area contributed by atoms with Crippen LogP contribution >= 0.6 is 35.0 Å². The van der Waals surface area contributed by atoms with E-state index in [4.69, 9.17) is 27.9 Å². The maximum Gasteiger partial charge on any atom is 0.191 e. The molecule has 0 saturated carbocycles. The number of hydrogen-bond acceptors (Lipinski definition) is 4. The average molecular weight is 440 g/mol. The van der Waals surface area contributed by atoms with Gasteiger partial charge in [0.05, 0.1) is 5.02 Å². The molecule has 3 aromatic rings. The summed E-state index contributed by atoms with van der Waals surface area (Å²) in [6.07, 6.45) is -0.324. The highest BCUT2D eigenvalue weighted by Gasteiger charge is 2.20. The molecule has 4 nitrogen and oxygen atoms in total. The Morgan fingerprint density at radius 1 is 1.14 bits per heavy atom. The third-order valence-electron chi connectivity index (χ3n) is 4.19. The first-order chi connectivity index (χ1) is 13.4. The highest BCUT2D eigenvalue weighted by molar-refractivity contribution is 7.98. The van der Waals surface area contributed by atoms with Gasteiger partial charge in [-0.3, -0.25) is 0 Å². The highest BCUT2D eigenvalue weighted by Crippen LogP contribution is 2.31. The van der Waals surface area contributed by atoms with Gasteiger partial charge in [0, 0.05) is 17.3 Å². The third-order valence-corrected chi connectivity index (χ3v) is 5.87. The summed E-state index contributed by atoms with van der Waals surface area (Å²) in [6, 6.07) is 10.1. The van der Waals surface area contributed by atoms with Crippen molar-refractivity contribution in [3.05, 3.63) is 69.2 Å². The fourth-order valence-electron chi connectivity index (χ4n) is 2.73. The molecular weight excluding hydrogens is 420 g/mol. The summed E-state index contributed by atoms with van der Waals surface area (Å²) in [7, 11) is 0. The van der Waals surface area contributed by atoms with Crippen molar-refractivity contribution in [2.75, 3.05) is 0 Å². The highest BCUT2D eigenvalue weighted by atomic mass is 35.5. The second-order valence-electron chi connectivity index (χ2n) is 6.30. The van der Waals surface area contributed by atoms with Crippen LogP contribution in [0.15, 0.2) is 41.6 Å². The smallest absolute Gasteiger partial charge is 0.191 e. The summed E-state index contributed by atoms with van der Waals surface area (Å²) in [5.41, 5.74) is 1.91. The molecule has 0 radical (unpaired) electrons. The van der Waals surface area contributed by atoms with Crippen LogP contribution in [0.2, 0.25) is 10.0 Å². The molecule has 0 amide bonds. The molecule has 0 spiro atoms. The second kappa shape index (κ2) is 9.16. The number of thioether (sulfide) groups is 1. The van der Waals surface area contributed by atoms with Crippen molar-refractivity contribution >= 4 is 35.0 Å². The number of nitrogens with zero attached hydrogens (tertiary/aromatic N) is 3. The first-order valence-electron chi connectivity index (χ1n) is 8.81. The van der Waals surface area contributed by atoms with Crippen LogP contribution in [-0.4, -0.2) is 14.8 Å². The van der Waals surface area contributed by atoms with E-state index in [1.54, 1.807) is 6.07 Å². The SMILES string of the molecule is CCn1c(SCc2ccc(F)cc2Cl)nnc1C(C)Oc1cc(C)ccc1Cl. The van der Waals surface area contributed by atoms with E-state index in [0.29, 0.717) is 33.9 Å². The van der Waals surface area contributed by atoms with E-state index < -0.39 is 0 Å². The fourth-order valence-corrected chi connectivity index (χ4v) is 4.22. The molecule has 28 heavy (non-hydrogen) atoms. The van der Waals surface area contributed by atoms with Crippen molar-refractivity contribution in [2.24, 2.45) is 0 Å². The molecule has 0 bridgehead atoms. The van der Waals surface area contributed by atoms with Gasteiger partial charge in [0.25, 0.3) is 0 Å². The number of hydrogen-bond donors (Lipinski definition) is 0. The van der Waals surface area contributed by atoms with E-state index >= 15 is 0 Å². The molecule has 0 aliphatic rings. The molecule has 2 aromatic carbocycles. The summed E-state index contributed by atoms with van der Waals surface area (Å²) in [4.78, 5) is 0. The average Bonchev–Trinajstić information content (AvgIpc) is 3.07. The Morgan fingerprint density at radius 3 is 2.64 bits per heavy atom. The molecule has 0 fully saturated rings. The lowest BCUT2D eigenvalue weighted by molar-refractivity contribution is 0.210. The molecule has 0 aliphatic carbocycles.